The normalized spacial score (nSPS) is 11.8. The average Bonchev–Trinajstić information content (AvgIpc) is 2.28. The summed E-state index contributed by atoms with van der Waals surface area (Å²) in [5.74, 6) is -1.06. The molecule has 0 aliphatic rings. The van der Waals surface area contributed by atoms with Crippen molar-refractivity contribution in [1.82, 2.24) is 10.1 Å². The fourth-order valence-corrected chi connectivity index (χ4v) is 2.32. The standard InChI is InChI=1S/C10H11IN3O2P/c1-6(12)5-9(14-17-11)7-3-2-4-8(13-7)10(15)16/h2-5,12,14,17H,1H3,(H,15,16)/b9-5-,12-6?. The molecule has 0 aliphatic heterocycles. The van der Waals surface area contributed by atoms with Crippen molar-refractivity contribution in [3.63, 3.8) is 0 Å². The van der Waals surface area contributed by atoms with E-state index >= 15 is 0 Å². The minimum atomic E-state index is -1.06. The van der Waals surface area contributed by atoms with E-state index in [4.69, 9.17) is 10.5 Å². The highest BCUT2D eigenvalue weighted by Crippen LogP contribution is 2.21. The monoisotopic (exact) mass is 363 g/mol. The summed E-state index contributed by atoms with van der Waals surface area (Å²) in [5.41, 5.74) is 1.56. The Bertz CT molecular complexity index is 476. The summed E-state index contributed by atoms with van der Waals surface area (Å²) in [6.45, 7) is 1.65. The number of nitrogens with one attached hydrogen (secondary N) is 2. The Balaban J connectivity index is 3.14. The van der Waals surface area contributed by atoms with Crippen molar-refractivity contribution in [2.24, 2.45) is 0 Å². The highest BCUT2D eigenvalue weighted by Gasteiger charge is 2.08. The van der Waals surface area contributed by atoms with Crippen LogP contribution in [0.1, 0.15) is 23.1 Å². The second-order valence-electron chi connectivity index (χ2n) is 3.17. The molecule has 0 aliphatic carbocycles. The predicted octanol–water partition coefficient (Wildman–Crippen LogP) is 2.69. The molecule has 0 aromatic carbocycles. The first-order valence-corrected chi connectivity index (χ1v) is 8.75. The molecule has 0 bridgehead atoms. The summed E-state index contributed by atoms with van der Waals surface area (Å²) in [6, 6.07) is 4.79. The number of nitrogens with zero attached hydrogens (tertiary/aromatic N) is 1. The van der Waals surface area contributed by atoms with E-state index in [0.29, 0.717) is 23.5 Å². The largest absolute Gasteiger partial charge is 0.477 e. The molecule has 7 heteroatoms. The molecule has 5 nitrogen and oxygen atoms in total. The predicted molar refractivity (Wildman–Crippen MR) is 78.0 cm³/mol. The van der Waals surface area contributed by atoms with Crippen LogP contribution in [0.25, 0.3) is 5.70 Å². The Morgan fingerprint density at radius 3 is 2.76 bits per heavy atom. The van der Waals surface area contributed by atoms with E-state index in [9.17, 15) is 4.79 Å². The number of carboxylic acid groups (broad SMARTS) is 1. The van der Waals surface area contributed by atoms with E-state index in [2.05, 4.69) is 32.1 Å². The minimum absolute atomic E-state index is 0.00498. The second kappa shape index (κ2) is 6.66. The first-order valence-electron chi connectivity index (χ1n) is 4.64. The molecule has 3 N–H and O–H groups in total. The number of carbonyl (C=O) groups is 1. The van der Waals surface area contributed by atoms with Gasteiger partial charge in [-0.25, -0.2) is 9.78 Å². The Labute approximate surface area is 114 Å². The number of pyridine rings is 1. The number of carboxylic acids is 1. The Kier molecular flexibility index (Phi) is 5.50. The molecular weight excluding hydrogens is 352 g/mol. The zero-order valence-corrected chi connectivity index (χ0v) is 12.1. The number of hydrogen-bond acceptors (Lipinski definition) is 4. The van der Waals surface area contributed by atoms with Gasteiger partial charge < -0.3 is 15.6 Å². The molecule has 0 fully saturated rings. The zero-order valence-electron chi connectivity index (χ0n) is 8.99. The fourth-order valence-electron chi connectivity index (χ4n) is 1.15. The van der Waals surface area contributed by atoms with E-state index in [1.807, 2.05) is 0 Å². The van der Waals surface area contributed by atoms with Crippen molar-refractivity contribution >= 4 is 45.8 Å². The summed E-state index contributed by atoms with van der Waals surface area (Å²) in [5, 5.41) is 19.4. The minimum Gasteiger partial charge on any atom is -0.477 e. The molecule has 1 aromatic heterocycles. The number of hydrogen-bond donors (Lipinski definition) is 3. The molecule has 1 heterocycles. The molecule has 0 saturated heterocycles. The molecule has 1 unspecified atom stereocenters. The van der Waals surface area contributed by atoms with Crippen molar-refractivity contribution in [2.75, 3.05) is 0 Å². The van der Waals surface area contributed by atoms with Crippen molar-refractivity contribution in [3.05, 3.63) is 35.7 Å². The van der Waals surface area contributed by atoms with Crippen LogP contribution in [0.5, 0.6) is 0 Å². The Morgan fingerprint density at radius 1 is 1.59 bits per heavy atom. The van der Waals surface area contributed by atoms with E-state index in [1.54, 1.807) is 25.1 Å². The van der Waals surface area contributed by atoms with Crippen LogP contribution in [0.3, 0.4) is 0 Å². The Morgan fingerprint density at radius 2 is 2.24 bits per heavy atom. The quantitative estimate of drug-likeness (QED) is 0.427. The van der Waals surface area contributed by atoms with Gasteiger partial charge in [0.15, 0.2) is 0 Å². The molecular formula is C10H11IN3O2P. The smallest absolute Gasteiger partial charge is 0.354 e. The van der Waals surface area contributed by atoms with Crippen LogP contribution in [0.15, 0.2) is 24.3 Å². The number of aromatic carboxylic acids is 1. The summed E-state index contributed by atoms with van der Waals surface area (Å²) in [4.78, 5) is 14.8. The number of aromatic nitrogens is 1. The van der Waals surface area contributed by atoms with Gasteiger partial charge in [0.05, 0.1) is 11.4 Å². The number of allylic oxidation sites excluding steroid dienone is 1. The van der Waals surface area contributed by atoms with E-state index in [0.717, 1.165) is 0 Å². The van der Waals surface area contributed by atoms with Crippen LogP contribution >= 0.6 is 28.4 Å². The lowest BCUT2D eigenvalue weighted by atomic mass is 10.2. The van der Waals surface area contributed by atoms with Gasteiger partial charge in [-0.2, -0.15) is 0 Å². The van der Waals surface area contributed by atoms with Crippen LogP contribution in [-0.2, 0) is 0 Å². The van der Waals surface area contributed by atoms with Gasteiger partial charge in [0, 0.05) is 12.1 Å². The van der Waals surface area contributed by atoms with Gasteiger partial charge in [-0.15, -0.1) is 0 Å². The average molecular weight is 363 g/mol. The summed E-state index contributed by atoms with van der Waals surface area (Å²) >= 11 is 2.16. The summed E-state index contributed by atoms with van der Waals surface area (Å²) < 4.78 is 0. The molecule has 90 valence electrons. The maximum Gasteiger partial charge on any atom is 0.354 e. The van der Waals surface area contributed by atoms with Crippen LogP contribution in [0.4, 0.5) is 0 Å². The van der Waals surface area contributed by atoms with Gasteiger partial charge in [-0.1, -0.05) is 6.07 Å². The maximum absolute atomic E-state index is 10.8. The van der Waals surface area contributed by atoms with Crippen LogP contribution in [0.2, 0.25) is 0 Å². The summed E-state index contributed by atoms with van der Waals surface area (Å²) in [6.07, 6.45) is 2.05. The lowest BCUT2D eigenvalue weighted by molar-refractivity contribution is 0.0690. The SMILES string of the molecule is CC(=N)/C=C(\NPI)c1cccc(C(=O)O)n1. The van der Waals surface area contributed by atoms with Gasteiger partial charge >= 0.3 is 5.97 Å². The summed E-state index contributed by atoms with van der Waals surface area (Å²) in [7, 11) is 0. The van der Waals surface area contributed by atoms with E-state index in [-0.39, 0.29) is 5.69 Å². The van der Waals surface area contributed by atoms with E-state index in [1.165, 1.54) is 6.07 Å². The first-order chi connectivity index (χ1) is 8.04. The third kappa shape index (κ3) is 4.40. The molecule has 1 aromatic rings. The maximum atomic E-state index is 10.8. The third-order valence-corrected chi connectivity index (χ3v) is 2.96. The highest BCUT2D eigenvalue weighted by atomic mass is 127. The highest BCUT2D eigenvalue weighted by molar-refractivity contribution is 14.2. The lowest BCUT2D eigenvalue weighted by Crippen LogP contribution is -2.07. The van der Waals surface area contributed by atoms with Crippen molar-refractivity contribution < 1.29 is 9.90 Å². The van der Waals surface area contributed by atoms with Gasteiger partial charge in [-0.3, -0.25) is 0 Å². The molecule has 0 saturated carbocycles. The van der Waals surface area contributed by atoms with Gasteiger partial charge in [0.1, 0.15) is 5.69 Å². The topological polar surface area (TPSA) is 86.1 Å². The lowest BCUT2D eigenvalue weighted by Gasteiger charge is -2.08. The van der Waals surface area contributed by atoms with Gasteiger partial charge in [0.2, 0.25) is 0 Å². The van der Waals surface area contributed by atoms with Crippen molar-refractivity contribution in [2.45, 2.75) is 6.92 Å². The molecule has 0 spiro atoms. The third-order valence-electron chi connectivity index (χ3n) is 1.79. The van der Waals surface area contributed by atoms with E-state index < -0.39 is 5.97 Å². The molecule has 1 rings (SSSR count). The fraction of sp³-hybridized carbons (Fsp3) is 0.100. The van der Waals surface area contributed by atoms with Crippen LogP contribution < -0.4 is 5.09 Å². The van der Waals surface area contributed by atoms with Crippen LogP contribution in [0, 0.1) is 5.41 Å². The Hall–Kier alpha value is -1.01. The molecule has 17 heavy (non-hydrogen) atoms. The molecule has 0 radical (unpaired) electrons. The first kappa shape index (κ1) is 14.1. The zero-order chi connectivity index (χ0) is 12.8. The molecule has 1 atom stereocenters. The van der Waals surface area contributed by atoms with Crippen LogP contribution in [-0.4, -0.2) is 21.8 Å². The second-order valence-corrected chi connectivity index (χ2v) is 5.23. The molecule has 0 amide bonds. The van der Waals surface area contributed by atoms with Crippen molar-refractivity contribution in [1.29, 1.82) is 5.41 Å². The van der Waals surface area contributed by atoms with Crippen molar-refractivity contribution in [3.8, 4) is 0 Å². The van der Waals surface area contributed by atoms with Gasteiger partial charge in [0.25, 0.3) is 0 Å². The van der Waals surface area contributed by atoms with Gasteiger partial charge in [-0.05, 0) is 47.2 Å². The number of halogens is 1. The number of rotatable bonds is 5.